The number of hydrogen-bond donors (Lipinski definition) is 2. The van der Waals surface area contributed by atoms with Gasteiger partial charge in [0.05, 0.1) is 0 Å². The summed E-state index contributed by atoms with van der Waals surface area (Å²) >= 11 is 0. The minimum Gasteiger partial charge on any atom is -0.480 e. The lowest BCUT2D eigenvalue weighted by Crippen LogP contribution is -2.44. The van der Waals surface area contributed by atoms with E-state index in [0.29, 0.717) is 0 Å². The first-order valence-electron chi connectivity index (χ1n) is 3.18. The number of amides is 2. The fourth-order valence-corrected chi connectivity index (χ4v) is 0.518. The van der Waals surface area contributed by atoms with Gasteiger partial charge >= 0.3 is 12.0 Å². The monoisotopic (exact) mass is 160 g/mol. The fraction of sp³-hybridized carbons (Fsp3) is 0.667. The van der Waals surface area contributed by atoms with Crippen molar-refractivity contribution in [3.05, 3.63) is 0 Å². The third-order valence-electron chi connectivity index (χ3n) is 1.47. The van der Waals surface area contributed by atoms with Crippen LogP contribution in [0.25, 0.3) is 0 Å². The molecule has 2 amide bonds. The number of likely N-dealkylation sites (N-methyl/N-ethyl adjacent to an activating group) is 1. The Kier molecular flexibility index (Phi) is 3.36. The van der Waals surface area contributed by atoms with Gasteiger partial charge in [-0.15, -0.1) is 0 Å². The van der Waals surface area contributed by atoms with Crippen molar-refractivity contribution in [2.45, 2.75) is 13.0 Å². The molecule has 0 aromatic heterocycles. The van der Waals surface area contributed by atoms with Crippen molar-refractivity contribution in [1.29, 1.82) is 0 Å². The summed E-state index contributed by atoms with van der Waals surface area (Å²) in [5, 5.41) is 10.8. The first kappa shape index (κ1) is 9.74. The van der Waals surface area contributed by atoms with E-state index in [2.05, 4.69) is 5.32 Å². The second-order valence-electron chi connectivity index (χ2n) is 2.18. The molecule has 2 N–H and O–H groups in total. The second kappa shape index (κ2) is 3.80. The summed E-state index contributed by atoms with van der Waals surface area (Å²) in [7, 11) is 2.88. The molecule has 0 unspecified atom stereocenters. The molecule has 0 aliphatic rings. The average molecular weight is 160 g/mol. The summed E-state index contributed by atoms with van der Waals surface area (Å²) in [4.78, 5) is 22.3. The third-order valence-corrected chi connectivity index (χ3v) is 1.47. The highest BCUT2D eigenvalue weighted by Gasteiger charge is 2.19. The van der Waals surface area contributed by atoms with E-state index >= 15 is 0 Å². The lowest BCUT2D eigenvalue weighted by Gasteiger charge is -2.20. The fourth-order valence-electron chi connectivity index (χ4n) is 0.518. The number of nitrogens with one attached hydrogen (secondary N) is 1. The van der Waals surface area contributed by atoms with E-state index < -0.39 is 18.0 Å². The van der Waals surface area contributed by atoms with Crippen LogP contribution in [-0.4, -0.2) is 42.1 Å². The molecule has 0 fully saturated rings. The smallest absolute Gasteiger partial charge is 0.326 e. The van der Waals surface area contributed by atoms with Gasteiger partial charge < -0.3 is 15.3 Å². The van der Waals surface area contributed by atoms with E-state index in [0.717, 1.165) is 4.90 Å². The van der Waals surface area contributed by atoms with Gasteiger partial charge in [0.1, 0.15) is 6.04 Å². The van der Waals surface area contributed by atoms with E-state index in [4.69, 9.17) is 5.11 Å². The van der Waals surface area contributed by atoms with Crippen LogP contribution in [0, 0.1) is 0 Å². The number of carboxylic acids is 1. The molecule has 0 spiro atoms. The van der Waals surface area contributed by atoms with Crippen molar-refractivity contribution in [1.82, 2.24) is 10.2 Å². The van der Waals surface area contributed by atoms with E-state index in [1.54, 1.807) is 0 Å². The van der Waals surface area contributed by atoms with Crippen LogP contribution < -0.4 is 5.32 Å². The highest BCUT2D eigenvalue weighted by Crippen LogP contribution is 1.94. The van der Waals surface area contributed by atoms with Gasteiger partial charge in [-0.25, -0.2) is 9.59 Å². The topological polar surface area (TPSA) is 69.6 Å². The van der Waals surface area contributed by atoms with Gasteiger partial charge in [-0.1, -0.05) is 0 Å². The van der Waals surface area contributed by atoms with Gasteiger partial charge in [0.2, 0.25) is 0 Å². The van der Waals surface area contributed by atoms with Crippen LogP contribution in [0.4, 0.5) is 4.79 Å². The first-order chi connectivity index (χ1) is 5.00. The highest BCUT2D eigenvalue weighted by molar-refractivity contribution is 5.81. The van der Waals surface area contributed by atoms with Crippen LogP contribution in [0.1, 0.15) is 6.92 Å². The molecular formula is C6H12N2O3. The Balaban J connectivity index is 4.12. The summed E-state index contributed by atoms with van der Waals surface area (Å²) in [6.07, 6.45) is 0. The molecule has 5 heteroatoms. The Bertz CT molecular complexity index is 169. The molecule has 0 bridgehead atoms. The maximum atomic E-state index is 10.8. The Morgan fingerprint density at radius 1 is 1.55 bits per heavy atom. The molecule has 0 aromatic rings. The summed E-state index contributed by atoms with van der Waals surface area (Å²) in [6.45, 7) is 1.44. The van der Waals surface area contributed by atoms with Crippen molar-refractivity contribution in [3.8, 4) is 0 Å². The maximum absolute atomic E-state index is 10.8. The zero-order chi connectivity index (χ0) is 9.02. The Hall–Kier alpha value is -1.26. The predicted molar refractivity (Wildman–Crippen MR) is 39.3 cm³/mol. The molecule has 11 heavy (non-hydrogen) atoms. The zero-order valence-electron chi connectivity index (χ0n) is 6.79. The van der Waals surface area contributed by atoms with Crippen molar-refractivity contribution >= 4 is 12.0 Å². The van der Waals surface area contributed by atoms with Crippen LogP contribution in [0.5, 0.6) is 0 Å². The molecule has 0 aromatic carbocycles. The normalized spacial score (nSPS) is 11.9. The number of carboxylic acid groups (broad SMARTS) is 1. The van der Waals surface area contributed by atoms with E-state index in [9.17, 15) is 9.59 Å². The predicted octanol–water partition coefficient (Wildman–Crippen LogP) is -0.269. The number of hydrogen-bond acceptors (Lipinski definition) is 2. The molecule has 0 aliphatic carbocycles. The van der Waals surface area contributed by atoms with E-state index in [-0.39, 0.29) is 0 Å². The molecule has 0 saturated carbocycles. The second-order valence-corrected chi connectivity index (χ2v) is 2.18. The third kappa shape index (κ3) is 2.45. The molecule has 0 rings (SSSR count). The SMILES string of the molecule is CNC(=O)N(C)[C@@H](C)C(=O)O. The lowest BCUT2D eigenvalue weighted by molar-refractivity contribution is -0.141. The number of nitrogens with zero attached hydrogens (tertiary/aromatic N) is 1. The number of rotatable bonds is 2. The molecule has 0 heterocycles. The lowest BCUT2D eigenvalue weighted by atomic mass is 10.3. The number of carbonyl (C=O) groups excluding carboxylic acids is 1. The highest BCUT2D eigenvalue weighted by atomic mass is 16.4. The Morgan fingerprint density at radius 2 is 2.00 bits per heavy atom. The summed E-state index contributed by atoms with van der Waals surface area (Å²) in [6, 6.07) is -1.20. The summed E-state index contributed by atoms with van der Waals surface area (Å²) in [5.41, 5.74) is 0. The van der Waals surface area contributed by atoms with Gasteiger partial charge in [-0.2, -0.15) is 0 Å². The number of carbonyl (C=O) groups is 2. The minimum atomic E-state index is -1.02. The number of urea groups is 1. The number of aliphatic carboxylic acids is 1. The van der Waals surface area contributed by atoms with Gasteiger partial charge in [-0.05, 0) is 6.92 Å². The van der Waals surface area contributed by atoms with E-state index in [1.165, 1.54) is 21.0 Å². The summed E-state index contributed by atoms with van der Waals surface area (Å²) in [5.74, 6) is -1.02. The quantitative estimate of drug-likeness (QED) is 0.584. The molecule has 0 saturated heterocycles. The molecule has 5 nitrogen and oxygen atoms in total. The van der Waals surface area contributed by atoms with Crippen LogP contribution in [0.2, 0.25) is 0 Å². The largest absolute Gasteiger partial charge is 0.480 e. The van der Waals surface area contributed by atoms with Crippen molar-refractivity contribution in [3.63, 3.8) is 0 Å². The maximum Gasteiger partial charge on any atom is 0.326 e. The Labute approximate surface area is 65.0 Å². The van der Waals surface area contributed by atoms with E-state index in [1.807, 2.05) is 0 Å². The molecular weight excluding hydrogens is 148 g/mol. The molecule has 0 radical (unpaired) electrons. The Morgan fingerprint density at radius 3 is 2.27 bits per heavy atom. The van der Waals surface area contributed by atoms with Crippen molar-refractivity contribution < 1.29 is 14.7 Å². The minimum absolute atomic E-state index is 0.403. The van der Waals surface area contributed by atoms with Crippen molar-refractivity contribution in [2.75, 3.05) is 14.1 Å². The standard InChI is InChI=1S/C6H12N2O3/c1-4(5(9)10)8(3)6(11)7-2/h4H,1-3H3,(H,7,11)(H,9,10)/t4-/m0/s1. The van der Waals surface area contributed by atoms with Crippen LogP contribution in [0.15, 0.2) is 0 Å². The van der Waals surface area contributed by atoms with Crippen LogP contribution in [0.3, 0.4) is 0 Å². The van der Waals surface area contributed by atoms with Gasteiger partial charge in [0, 0.05) is 14.1 Å². The van der Waals surface area contributed by atoms with Crippen LogP contribution in [-0.2, 0) is 4.79 Å². The van der Waals surface area contributed by atoms with Gasteiger partial charge in [-0.3, -0.25) is 0 Å². The first-order valence-corrected chi connectivity index (χ1v) is 3.18. The summed E-state index contributed by atoms with van der Waals surface area (Å²) < 4.78 is 0. The molecule has 1 atom stereocenters. The zero-order valence-corrected chi connectivity index (χ0v) is 6.79. The average Bonchev–Trinajstić information content (AvgIpc) is 2.00. The van der Waals surface area contributed by atoms with Gasteiger partial charge in [0.25, 0.3) is 0 Å². The van der Waals surface area contributed by atoms with Crippen molar-refractivity contribution in [2.24, 2.45) is 0 Å². The van der Waals surface area contributed by atoms with Crippen LogP contribution >= 0.6 is 0 Å². The molecule has 64 valence electrons. The molecule has 0 aliphatic heterocycles. The van der Waals surface area contributed by atoms with Gasteiger partial charge in [0.15, 0.2) is 0 Å².